The quantitative estimate of drug-likeness (QED) is 0.865. The number of carbonyl (C=O) groups excluding carboxylic acids is 1. The molecule has 2 aromatic carbocycles. The van der Waals surface area contributed by atoms with Gasteiger partial charge in [0, 0.05) is 20.2 Å². The molecule has 0 saturated carbocycles. The average molecular weight is 309 g/mol. The van der Waals surface area contributed by atoms with E-state index in [-0.39, 0.29) is 17.9 Å². The molecule has 0 spiro atoms. The van der Waals surface area contributed by atoms with Crippen molar-refractivity contribution in [3.63, 3.8) is 0 Å². The Morgan fingerprint density at radius 2 is 1.43 bits per heavy atom. The van der Waals surface area contributed by atoms with E-state index in [0.717, 1.165) is 37.1 Å². The molecule has 0 unspecified atom stereocenters. The fraction of sp³-hybridized carbons (Fsp3) is 0.350. The smallest absolute Gasteiger partial charge is 0.234 e. The summed E-state index contributed by atoms with van der Waals surface area (Å²) in [6.07, 6.45) is 2.11. The molecular formula is C20H23NO2. The molecule has 23 heavy (non-hydrogen) atoms. The van der Waals surface area contributed by atoms with Crippen molar-refractivity contribution >= 4 is 5.91 Å². The van der Waals surface area contributed by atoms with E-state index in [1.165, 1.54) is 0 Å². The lowest BCUT2D eigenvalue weighted by molar-refractivity contribution is -0.134. The first-order valence-corrected chi connectivity index (χ1v) is 8.21. The first-order valence-electron chi connectivity index (χ1n) is 8.21. The van der Waals surface area contributed by atoms with Gasteiger partial charge in [-0.2, -0.15) is 0 Å². The van der Waals surface area contributed by atoms with E-state index < -0.39 is 0 Å². The van der Waals surface area contributed by atoms with Gasteiger partial charge in [-0.1, -0.05) is 60.7 Å². The van der Waals surface area contributed by atoms with Gasteiger partial charge in [0.25, 0.3) is 0 Å². The van der Waals surface area contributed by atoms with Gasteiger partial charge in [-0.25, -0.2) is 0 Å². The third-order valence-corrected chi connectivity index (χ3v) is 4.60. The van der Waals surface area contributed by atoms with Gasteiger partial charge in [0.1, 0.15) is 0 Å². The number of benzene rings is 2. The van der Waals surface area contributed by atoms with E-state index in [2.05, 4.69) is 0 Å². The van der Waals surface area contributed by atoms with E-state index in [0.29, 0.717) is 0 Å². The maximum atomic E-state index is 13.2. The number of amides is 1. The van der Waals surface area contributed by atoms with Crippen LogP contribution in [0.1, 0.15) is 29.9 Å². The molecule has 1 fully saturated rings. The number of hydrogen-bond donors (Lipinski definition) is 0. The van der Waals surface area contributed by atoms with Gasteiger partial charge in [-0.05, 0) is 24.0 Å². The maximum Gasteiger partial charge on any atom is 0.234 e. The summed E-state index contributed by atoms with van der Waals surface area (Å²) in [6.45, 7) is 1.54. The molecule has 0 N–H and O–H groups in total. The van der Waals surface area contributed by atoms with Gasteiger partial charge in [0.2, 0.25) is 5.91 Å². The number of carbonyl (C=O) groups is 1. The number of rotatable bonds is 4. The Bertz CT molecular complexity index is 579. The minimum Gasteiger partial charge on any atom is -0.381 e. The zero-order valence-corrected chi connectivity index (χ0v) is 13.5. The van der Waals surface area contributed by atoms with Crippen LogP contribution in [0.4, 0.5) is 0 Å². The van der Waals surface area contributed by atoms with Crippen LogP contribution in [-0.4, -0.2) is 37.1 Å². The second-order valence-corrected chi connectivity index (χ2v) is 6.01. The Balaban J connectivity index is 1.86. The largest absolute Gasteiger partial charge is 0.381 e. The summed E-state index contributed by atoms with van der Waals surface area (Å²) >= 11 is 0. The Hall–Kier alpha value is -2.13. The molecular weight excluding hydrogens is 286 g/mol. The molecule has 1 aliphatic rings. The molecule has 0 aliphatic carbocycles. The lowest BCUT2D eigenvalue weighted by Gasteiger charge is -2.34. The second-order valence-electron chi connectivity index (χ2n) is 6.01. The van der Waals surface area contributed by atoms with Crippen molar-refractivity contribution in [3.05, 3.63) is 71.8 Å². The minimum absolute atomic E-state index is 0.192. The standard InChI is InChI=1S/C20H23NO2/c1-23-18-12-14-21(15-13-18)20(22)19(16-8-4-2-5-9-16)17-10-6-3-7-11-17/h2-11,18-19H,12-15H2,1H3. The van der Waals surface area contributed by atoms with Crippen LogP contribution >= 0.6 is 0 Å². The van der Waals surface area contributed by atoms with Crippen LogP contribution in [0.2, 0.25) is 0 Å². The molecule has 3 nitrogen and oxygen atoms in total. The van der Waals surface area contributed by atoms with Gasteiger partial charge in [0.15, 0.2) is 0 Å². The highest BCUT2D eigenvalue weighted by Crippen LogP contribution is 2.28. The molecule has 0 aromatic heterocycles. The summed E-state index contributed by atoms with van der Waals surface area (Å²) in [6, 6.07) is 20.1. The summed E-state index contributed by atoms with van der Waals surface area (Å²) < 4.78 is 5.41. The molecule has 0 radical (unpaired) electrons. The van der Waals surface area contributed by atoms with Crippen LogP contribution < -0.4 is 0 Å². The summed E-state index contributed by atoms with van der Waals surface area (Å²) in [7, 11) is 1.75. The first kappa shape index (κ1) is 15.8. The van der Waals surface area contributed by atoms with E-state index in [1.54, 1.807) is 7.11 Å². The van der Waals surface area contributed by atoms with Gasteiger partial charge >= 0.3 is 0 Å². The van der Waals surface area contributed by atoms with Crippen LogP contribution in [-0.2, 0) is 9.53 Å². The normalized spacial score (nSPS) is 15.8. The predicted molar refractivity (Wildman–Crippen MR) is 91.3 cm³/mol. The topological polar surface area (TPSA) is 29.5 Å². The zero-order chi connectivity index (χ0) is 16.1. The fourth-order valence-corrected chi connectivity index (χ4v) is 3.26. The van der Waals surface area contributed by atoms with Gasteiger partial charge in [0.05, 0.1) is 12.0 Å². The number of likely N-dealkylation sites (tertiary alicyclic amines) is 1. The highest BCUT2D eigenvalue weighted by molar-refractivity contribution is 5.87. The van der Waals surface area contributed by atoms with Crippen LogP contribution in [0.25, 0.3) is 0 Å². The number of ether oxygens (including phenoxy) is 1. The van der Waals surface area contributed by atoms with Crippen LogP contribution in [0.3, 0.4) is 0 Å². The molecule has 0 atom stereocenters. The van der Waals surface area contributed by atoms with Crippen molar-refractivity contribution in [2.45, 2.75) is 24.9 Å². The molecule has 2 aromatic rings. The third-order valence-electron chi connectivity index (χ3n) is 4.60. The predicted octanol–water partition coefficient (Wildman–Crippen LogP) is 3.46. The first-order chi connectivity index (χ1) is 11.3. The lowest BCUT2D eigenvalue weighted by Crippen LogP contribution is -2.43. The molecule has 3 rings (SSSR count). The Kier molecular flexibility index (Phi) is 5.09. The molecule has 0 bridgehead atoms. The Morgan fingerprint density at radius 1 is 0.957 bits per heavy atom. The molecule has 1 amide bonds. The van der Waals surface area contributed by atoms with Gasteiger partial charge in [-0.3, -0.25) is 4.79 Å². The number of piperidine rings is 1. The monoisotopic (exact) mass is 309 g/mol. The van der Waals surface area contributed by atoms with E-state index >= 15 is 0 Å². The van der Waals surface area contributed by atoms with Crippen molar-refractivity contribution in [2.24, 2.45) is 0 Å². The SMILES string of the molecule is COC1CCN(C(=O)C(c2ccccc2)c2ccccc2)CC1. The number of hydrogen-bond acceptors (Lipinski definition) is 2. The van der Waals surface area contributed by atoms with Gasteiger partial charge < -0.3 is 9.64 Å². The summed E-state index contributed by atoms with van der Waals surface area (Å²) in [5.41, 5.74) is 2.11. The molecule has 3 heteroatoms. The highest BCUT2D eigenvalue weighted by Gasteiger charge is 2.30. The summed E-state index contributed by atoms with van der Waals surface area (Å²) in [5, 5.41) is 0. The molecule has 1 heterocycles. The molecule has 120 valence electrons. The Labute approximate surface area is 137 Å². The lowest BCUT2D eigenvalue weighted by atomic mass is 9.89. The highest BCUT2D eigenvalue weighted by atomic mass is 16.5. The van der Waals surface area contributed by atoms with E-state index in [1.807, 2.05) is 65.6 Å². The average Bonchev–Trinajstić information content (AvgIpc) is 2.64. The van der Waals surface area contributed by atoms with Crippen molar-refractivity contribution < 1.29 is 9.53 Å². The van der Waals surface area contributed by atoms with Crippen molar-refractivity contribution in [3.8, 4) is 0 Å². The van der Waals surface area contributed by atoms with Crippen molar-refractivity contribution in [1.82, 2.24) is 4.90 Å². The summed E-state index contributed by atoms with van der Waals surface area (Å²) in [5.74, 6) is -0.0338. The second kappa shape index (κ2) is 7.42. The third kappa shape index (κ3) is 3.62. The van der Waals surface area contributed by atoms with Crippen LogP contribution in [0.15, 0.2) is 60.7 Å². The minimum atomic E-state index is -0.225. The van der Waals surface area contributed by atoms with Gasteiger partial charge in [-0.15, -0.1) is 0 Å². The van der Waals surface area contributed by atoms with Crippen LogP contribution in [0, 0.1) is 0 Å². The zero-order valence-electron chi connectivity index (χ0n) is 13.5. The van der Waals surface area contributed by atoms with E-state index in [4.69, 9.17) is 4.74 Å². The van der Waals surface area contributed by atoms with E-state index in [9.17, 15) is 4.79 Å². The number of nitrogens with zero attached hydrogens (tertiary/aromatic N) is 1. The van der Waals surface area contributed by atoms with Crippen molar-refractivity contribution in [2.75, 3.05) is 20.2 Å². The molecule has 1 aliphatic heterocycles. The summed E-state index contributed by atoms with van der Waals surface area (Å²) in [4.78, 5) is 15.2. The molecule has 1 saturated heterocycles. The Morgan fingerprint density at radius 3 is 1.87 bits per heavy atom. The van der Waals surface area contributed by atoms with Crippen LogP contribution in [0.5, 0.6) is 0 Å². The number of methoxy groups -OCH3 is 1. The fourth-order valence-electron chi connectivity index (χ4n) is 3.26. The van der Waals surface area contributed by atoms with Crippen molar-refractivity contribution in [1.29, 1.82) is 0 Å². The maximum absolute atomic E-state index is 13.2.